The second-order valence-corrected chi connectivity index (χ2v) is 14.9. The number of fused-ring (bicyclic) bond motifs is 1. The van der Waals surface area contributed by atoms with E-state index in [4.69, 9.17) is 4.74 Å². The van der Waals surface area contributed by atoms with E-state index in [9.17, 15) is 14.4 Å². The number of rotatable bonds is 4. The molecular formula is C34H49FN6O4. The van der Waals surface area contributed by atoms with Gasteiger partial charge in [-0.1, -0.05) is 0 Å². The van der Waals surface area contributed by atoms with Crippen LogP contribution < -0.4 is 10.2 Å². The number of anilines is 1. The average molecular weight is 625 g/mol. The third-order valence-electron chi connectivity index (χ3n) is 11.0. The number of benzene rings is 1. The summed E-state index contributed by atoms with van der Waals surface area (Å²) in [6.07, 6.45) is 6.93. The van der Waals surface area contributed by atoms with Gasteiger partial charge in [-0.15, -0.1) is 0 Å². The Labute approximate surface area is 265 Å². The summed E-state index contributed by atoms with van der Waals surface area (Å²) < 4.78 is 23.1. The maximum Gasteiger partial charge on any atom is 0.410 e. The van der Waals surface area contributed by atoms with Crippen LogP contribution in [0.3, 0.4) is 0 Å². The van der Waals surface area contributed by atoms with Gasteiger partial charge in [0, 0.05) is 51.1 Å². The molecule has 246 valence electrons. The molecular weight excluding hydrogens is 575 g/mol. The number of halogens is 1. The number of carbonyl (C=O) groups excluding carboxylic acids is 3. The Bertz CT molecular complexity index is 1440. The number of carbonyl (C=O) groups is 3. The quantitative estimate of drug-likeness (QED) is 0.481. The molecule has 6 rings (SSSR count). The molecule has 4 saturated heterocycles. The smallest absolute Gasteiger partial charge is 0.410 e. The molecule has 0 radical (unpaired) electrons. The van der Waals surface area contributed by atoms with Crippen LogP contribution in [0.5, 0.6) is 0 Å². The fourth-order valence-electron chi connectivity index (χ4n) is 8.12. The summed E-state index contributed by atoms with van der Waals surface area (Å²) in [5, 5.41) is 7.56. The Hall–Kier alpha value is -3.21. The minimum atomic E-state index is -0.552. The van der Waals surface area contributed by atoms with E-state index in [1.165, 1.54) is 17.5 Å². The molecule has 11 heteroatoms. The maximum absolute atomic E-state index is 16.0. The Morgan fingerprint density at radius 3 is 2.29 bits per heavy atom. The van der Waals surface area contributed by atoms with Crippen LogP contribution in [0, 0.1) is 17.2 Å². The highest BCUT2D eigenvalue weighted by atomic mass is 19.1. The van der Waals surface area contributed by atoms with Crippen molar-refractivity contribution in [2.75, 3.05) is 44.2 Å². The number of nitrogens with one attached hydrogen (secondary N) is 1. The first-order chi connectivity index (χ1) is 21.3. The Balaban J connectivity index is 1.03. The summed E-state index contributed by atoms with van der Waals surface area (Å²) in [6, 6.07) is 4.19. The van der Waals surface area contributed by atoms with Gasteiger partial charge in [0.05, 0.1) is 17.3 Å². The summed E-state index contributed by atoms with van der Waals surface area (Å²) in [7, 11) is 1.71. The van der Waals surface area contributed by atoms with Gasteiger partial charge < -0.3 is 19.4 Å². The van der Waals surface area contributed by atoms with Crippen molar-refractivity contribution >= 4 is 34.5 Å². The normalized spacial score (nSPS) is 24.3. The number of imide groups is 1. The van der Waals surface area contributed by atoms with Gasteiger partial charge in [-0.3, -0.25) is 19.6 Å². The summed E-state index contributed by atoms with van der Waals surface area (Å²) >= 11 is 0. The van der Waals surface area contributed by atoms with E-state index >= 15 is 4.39 Å². The molecule has 1 aromatic carbocycles. The lowest BCUT2D eigenvalue weighted by Gasteiger charge is -2.49. The van der Waals surface area contributed by atoms with Crippen LogP contribution in [0.4, 0.5) is 14.9 Å². The molecule has 4 aliphatic rings. The molecule has 1 unspecified atom stereocenters. The molecule has 2 atom stereocenters. The second kappa shape index (κ2) is 12.2. The van der Waals surface area contributed by atoms with E-state index in [0.717, 1.165) is 65.0 Å². The van der Waals surface area contributed by atoms with Crippen LogP contribution in [-0.4, -0.2) is 88.4 Å². The van der Waals surface area contributed by atoms with Crippen LogP contribution in [0.25, 0.3) is 10.9 Å². The number of hydrogen-bond donors (Lipinski definition) is 1. The standard InChI is InChI=1S/C34H49FN6O4/c1-22(39-18-12-34(13-19-39)14-20-41(21-15-34)32(44)45-33(2,3)4)23-10-16-40(17-11-23)26-8-6-24-29(37-38(5)30(24)28(26)35)25-7-9-27(42)36-31(25)43/h6,8,22-23,25H,7,9-21H2,1-5H3,(H,36,42,43)/t22-,25?/m0/s1. The summed E-state index contributed by atoms with van der Waals surface area (Å²) in [6.45, 7) is 13.5. The molecule has 0 aliphatic carbocycles. The number of amides is 3. The molecule has 4 aliphatic heterocycles. The zero-order valence-electron chi connectivity index (χ0n) is 27.5. The minimum Gasteiger partial charge on any atom is -0.444 e. The van der Waals surface area contributed by atoms with Gasteiger partial charge >= 0.3 is 6.09 Å². The Kier molecular flexibility index (Phi) is 8.60. The van der Waals surface area contributed by atoms with Crippen molar-refractivity contribution in [3.8, 4) is 0 Å². The van der Waals surface area contributed by atoms with E-state index in [2.05, 4.69) is 27.1 Å². The molecule has 45 heavy (non-hydrogen) atoms. The molecule has 0 bridgehead atoms. The second-order valence-electron chi connectivity index (χ2n) is 14.9. The van der Waals surface area contributed by atoms with Gasteiger partial charge in [0.15, 0.2) is 5.82 Å². The van der Waals surface area contributed by atoms with Crippen molar-refractivity contribution in [1.29, 1.82) is 0 Å². The van der Waals surface area contributed by atoms with Crippen LogP contribution in [0.1, 0.15) is 90.7 Å². The molecule has 3 amide bonds. The average Bonchev–Trinajstić information content (AvgIpc) is 3.33. The van der Waals surface area contributed by atoms with E-state index in [1.807, 2.05) is 37.8 Å². The highest BCUT2D eigenvalue weighted by Gasteiger charge is 2.41. The van der Waals surface area contributed by atoms with Crippen molar-refractivity contribution in [3.63, 3.8) is 0 Å². The zero-order valence-corrected chi connectivity index (χ0v) is 27.5. The van der Waals surface area contributed by atoms with E-state index in [0.29, 0.717) is 46.1 Å². The SMILES string of the molecule is C[C@@H](C1CCN(c2ccc3c(C4CCC(=O)NC4=O)nn(C)c3c2F)CC1)N1CCC2(CCN(C(=O)OC(C)(C)C)CC2)CC1. The van der Waals surface area contributed by atoms with E-state index in [-0.39, 0.29) is 30.1 Å². The molecule has 1 spiro atoms. The minimum absolute atomic E-state index is 0.188. The number of likely N-dealkylation sites (tertiary alicyclic amines) is 2. The third kappa shape index (κ3) is 6.42. The van der Waals surface area contributed by atoms with Crippen LogP contribution in [0.15, 0.2) is 12.1 Å². The molecule has 0 saturated carbocycles. The monoisotopic (exact) mass is 624 g/mol. The first-order valence-corrected chi connectivity index (χ1v) is 16.8. The zero-order chi connectivity index (χ0) is 32.1. The molecule has 1 aromatic heterocycles. The lowest BCUT2D eigenvalue weighted by molar-refractivity contribution is -0.134. The van der Waals surface area contributed by atoms with Gasteiger partial charge in [-0.2, -0.15) is 5.10 Å². The van der Waals surface area contributed by atoms with Gasteiger partial charge in [-0.05, 0) is 109 Å². The Morgan fingerprint density at radius 2 is 1.67 bits per heavy atom. The molecule has 10 nitrogen and oxygen atoms in total. The van der Waals surface area contributed by atoms with Crippen molar-refractivity contribution in [1.82, 2.24) is 24.9 Å². The number of piperidine rings is 4. The fourth-order valence-corrected chi connectivity index (χ4v) is 8.12. The lowest BCUT2D eigenvalue weighted by Crippen LogP contribution is -2.52. The molecule has 4 fully saturated rings. The van der Waals surface area contributed by atoms with E-state index in [1.54, 1.807) is 7.05 Å². The molecule has 1 N–H and O–H groups in total. The van der Waals surface area contributed by atoms with Gasteiger partial charge in [-0.25, -0.2) is 9.18 Å². The van der Waals surface area contributed by atoms with Crippen molar-refractivity contribution < 1.29 is 23.5 Å². The summed E-state index contributed by atoms with van der Waals surface area (Å²) in [5.41, 5.74) is 1.39. The van der Waals surface area contributed by atoms with Crippen molar-refractivity contribution in [2.24, 2.45) is 18.4 Å². The molecule has 5 heterocycles. The summed E-state index contributed by atoms with van der Waals surface area (Å²) in [5.74, 6) is -0.925. The largest absolute Gasteiger partial charge is 0.444 e. The van der Waals surface area contributed by atoms with Gasteiger partial charge in [0.25, 0.3) is 0 Å². The maximum atomic E-state index is 16.0. The van der Waals surface area contributed by atoms with Gasteiger partial charge in [0.1, 0.15) is 11.1 Å². The van der Waals surface area contributed by atoms with Crippen LogP contribution in [-0.2, 0) is 21.4 Å². The summed E-state index contributed by atoms with van der Waals surface area (Å²) in [4.78, 5) is 43.4. The highest BCUT2D eigenvalue weighted by Crippen LogP contribution is 2.43. The topological polar surface area (TPSA) is 100 Å². The number of aryl methyl sites for hydroxylation is 1. The number of nitrogens with zero attached hydrogens (tertiary/aromatic N) is 5. The number of aromatic nitrogens is 2. The predicted octanol–water partition coefficient (Wildman–Crippen LogP) is 4.95. The van der Waals surface area contributed by atoms with Crippen LogP contribution in [0.2, 0.25) is 0 Å². The van der Waals surface area contributed by atoms with Crippen LogP contribution >= 0.6 is 0 Å². The Morgan fingerprint density at radius 1 is 1.02 bits per heavy atom. The predicted molar refractivity (Wildman–Crippen MR) is 170 cm³/mol. The first kappa shape index (κ1) is 31.8. The number of hydrogen-bond acceptors (Lipinski definition) is 7. The van der Waals surface area contributed by atoms with E-state index < -0.39 is 11.5 Å². The van der Waals surface area contributed by atoms with Crippen molar-refractivity contribution in [2.45, 2.75) is 96.6 Å². The van der Waals surface area contributed by atoms with Gasteiger partial charge in [0.2, 0.25) is 11.8 Å². The highest BCUT2D eigenvalue weighted by molar-refractivity contribution is 6.02. The molecule has 2 aromatic rings. The lowest BCUT2D eigenvalue weighted by atomic mass is 9.70. The van der Waals surface area contributed by atoms with Crippen molar-refractivity contribution in [3.05, 3.63) is 23.6 Å². The third-order valence-corrected chi connectivity index (χ3v) is 11.0. The number of ether oxygens (including phenoxy) is 1. The first-order valence-electron chi connectivity index (χ1n) is 16.8. The fraction of sp³-hybridized carbons (Fsp3) is 0.706.